The van der Waals surface area contributed by atoms with Gasteiger partial charge >= 0.3 is 5.97 Å². The maximum absolute atomic E-state index is 13.0. The lowest BCUT2D eigenvalue weighted by Gasteiger charge is -2.36. The van der Waals surface area contributed by atoms with Crippen LogP contribution in [-0.4, -0.2) is 49.3 Å². The van der Waals surface area contributed by atoms with Gasteiger partial charge in [-0.05, 0) is 37.6 Å². The summed E-state index contributed by atoms with van der Waals surface area (Å²) in [5.74, 6) is -0.245. The largest absolute Gasteiger partial charge is 0.479 e. The molecule has 2 heterocycles. The van der Waals surface area contributed by atoms with E-state index in [1.165, 1.54) is 17.6 Å². The number of carbonyl (C=O) groups excluding carboxylic acids is 2. The van der Waals surface area contributed by atoms with Gasteiger partial charge in [0.25, 0.3) is 5.91 Å². The molecule has 4 rings (SSSR count). The monoisotopic (exact) mass is 466 g/mol. The molecule has 8 heteroatoms. The summed E-state index contributed by atoms with van der Waals surface area (Å²) < 4.78 is 16.0. The van der Waals surface area contributed by atoms with Gasteiger partial charge in [-0.15, -0.1) is 11.3 Å². The Hall–Kier alpha value is -3.23. The molecule has 0 saturated heterocycles. The van der Waals surface area contributed by atoms with Gasteiger partial charge in [-0.3, -0.25) is 9.69 Å². The highest BCUT2D eigenvalue weighted by molar-refractivity contribution is 7.10. The number of hydrogen-bond donors (Lipinski definition) is 0. The average Bonchev–Trinajstić information content (AvgIpc) is 3.28. The molecule has 0 aliphatic carbocycles. The molecule has 0 radical (unpaired) electrons. The number of nitrogens with zero attached hydrogens (tertiary/aromatic N) is 2. The van der Waals surface area contributed by atoms with Gasteiger partial charge in [-0.2, -0.15) is 0 Å². The smallest absolute Gasteiger partial charge is 0.329 e. The van der Waals surface area contributed by atoms with Gasteiger partial charge in [-0.25, -0.2) is 9.78 Å². The normalized spacial score (nSPS) is 16.2. The summed E-state index contributed by atoms with van der Waals surface area (Å²) in [6.07, 6.45) is 0.0563. The van der Waals surface area contributed by atoms with E-state index in [9.17, 15) is 9.59 Å². The Morgan fingerprint density at radius 2 is 2.00 bits per heavy atom. The Kier molecular flexibility index (Phi) is 7.05. The van der Waals surface area contributed by atoms with Gasteiger partial charge in [0.1, 0.15) is 18.4 Å². The fraction of sp³-hybridized carbons (Fsp3) is 0.320. The first kappa shape index (κ1) is 22.9. The number of fused-ring (bicyclic) bond motifs is 1. The zero-order chi connectivity index (χ0) is 23.4. The maximum Gasteiger partial charge on any atom is 0.329 e. The molecule has 0 bridgehead atoms. The molecule has 172 valence electrons. The molecule has 2 aromatic carbocycles. The van der Waals surface area contributed by atoms with E-state index in [0.29, 0.717) is 18.0 Å². The van der Waals surface area contributed by atoms with Crippen LogP contribution in [-0.2, 0) is 25.5 Å². The van der Waals surface area contributed by atoms with Gasteiger partial charge in [0.05, 0.1) is 23.0 Å². The molecule has 0 N–H and O–H groups in total. The second-order valence-corrected chi connectivity index (χ2v) is 8.72. The van der Waals surface area contributed by atoms with E-state index in [-0.39, 0.29) is 12.5 Å². The summed E-state index contributed by atoms with van der Waals surface area (Å²) in [5, 5.41) is 3.00. The number of benzene rings is 2. The van der Waals surface area contributed by atoms with E-state index >= 15 is 0 Å². The highest BCUT2D eigenvalue weighted by Gasteiger charge is 2.38. The Bertz CT molecular complexity index is 1130. The molecule has 7 nitrogen and oxygen atoms in total. The number of ether oxygens (including phenoxy) is 3. The predicted molar refractivity (Wildman–Crippen MR) is 127 cm³/mol. The van der Waals surface area contributed by atoms with E-state index in [4.69, 9.17) is 19.2 Å². The predicted octanol–water partition coefficient (Wildman–Crippen LogP) is 4.09. The van der Waals surface area contributed by atoms with E-state index in [1.807, 2.05) is 41.8 Å². The number of aromatic nitrogens is 1. The van der Waals surface area contributed by atoms with Crippen LogP contribution < -0.4 is 9.64 Å². The molecule has 0 saturated carbocycles. The van der Waals surface area contributed by atoms with E-state index in [0.717, 1.165) is 22.7 Å². The van der Waals surface area contributed by atoms with Crippen LogP contribution in [0.4, 0.5) is 5.69 Å². The highest BCUT2D eigenvalue weighted by atomic mass is 32.1. The lowest BCUT2D eigenvalue weighted by molar-refractivity contribution is -0.147. The van der Waals surface area contributed by atoms with Crippen molar-refractivity contribution in [1.29, 1.82) is 0 Å². The zero-order valence-electron chi connectivity index (χ0n) is 18.8. The molecule has 1 aliphatic rings. The number of thiazole rings is 1. The standard InChI is InChI=1S/C25H26N2O5S/c1-16(25(29)31-12-11-30-3)27-21-14-19(9-10-22(21)32-17(2)24(27)28)20-15-33-23(26-20)13-18-7-5-4-6-8-18/h4-10,14-17H,11-13H2,1-3H3. The van der Waals surface area contributed by atoms with E-state index < -0.39 is 18.1 Å². The third-order valence-electron chi connectivity index (χ3n) is 5.41. The second kappa shape index (κ2) is 10.1. The van der Waals surface area contributed by atoms with Crippen LogP contribution in [0.2, 0.25) is 0 Å². The summed E-state index contributed by atoms with van der Waals surface area (Å²) in [5.41, 5.74) is 3.39. The van der Waals surface area contributed by atoms with Crippen LogP contribution in [0, 0.1) is 0 Å². The van der Waals surface area contributed by atoms with Gasteiger partial charge in [-0.1, -0.05) is 30.3 Å². The fourth-order valence-electron chi connectivity index (χ4n) is 3.67. The number of anilines is 1. The number of amides is 1. The topological polar surface area (TPSA) is 78.0 Å². The van der Waals surface area contributed by atoms with Crippen molar-refractivity contribution in [3.05, 3.63) is 64.5 Å². The molecule has 2 atom stereocenters. The summed E-state index contributed by atoms with van der Waals surface area (Å²) >= 11 is 1.59. The number of esters is 1. The highest BCUT2D eigenvalue weighted by Crippen LogP contribution is 2.39. The Labute approximate surface area is 196 Å². The van der Waals surface area contributed by atoms with Crippen LogP contribution in [0.15, 0.2) is 53.9 Å². The molecule has 2 unspecified atom stereocenters. The summed E-state index contributed by atoms with van der Waals surface area (Å²) in [4.78, 5) is 31.8. The fourth-order valence-corrected chi connectivity index (χ4v) is 4.50. The number of carbonyl (C=O) groups is 2. The van der Waals surface area contributed by atoms with Crippen molar-refractivity contribution < 1.29 is 23.8 Å². The van der Waals surface area contributed by atoms with Crippen molar-refractivity contribution in [3.63, 3.8) is 0 Å². The van der Waals surface area contributed by atoms with Crippen molar-refractivity contribution in [2.45, 2.75) is 32.4 Å². The number of hydrogen-bond acceptors (Lipinski definition) is 7. The Morgan fingerprint density at radius 3 is 2.76 bits per heavy atom. The molecule has 1 amide bonds. The van der Waals surface area contributed by atoms with Crippen molar-refractivity contribution in [3.8, 4) is 17.0 Å². The Balaban J connectivity index is 1.60. The molecule has 1 aliphatic heterocycles. The molecule has 0 fully saturated rings. The zero-order valence-corrected chi connectivity index (χ0v) is 19.6. The maximum atomic E-state index is 13.0. The lowest BCUT2D eigenvalue weighted by Crippen LogP contribution is -2.52. The third kappa shape index (κ3) is 5.07. The van der Waals surface area contributed by atoms with Crippen molar-refractivity contribution in [2.75, 3.05) is 25.2 Å². The van der Waals surface area contributed by atoms with Crippen LogP contribution in [0.5, 0.6) is 5.75 Å². The van der Waals surface area contributed by atoms with Gasteiger partial charge in [0.15, 0.2) is 6.10 Å². The average molecular weight is 467 g/mol. The quantitative estimate of drug-likeness (QED) is 0.368. The summed E-state index contributed by atoms with van der Waals surface area (Å²) in [6, 6.07) is 15.0. The van der Waals surface area contributed by atoms with Crippen LogP contribution in [0.1, 0.15) is 24.4 Å². The third-order valence-corrected chi connectivity index (χ3v) is 6.26. The molecule has 3 aromatic rings. The van der Waals surface area contributed by atoms with E-state index in [1.54, 1.807) is 25.2 Å². The van der Waals surface area contributed by atoms with Crippen LogP contribution in [0.25, 0.3) is 11.3 Å². The van der Waals surface area contributed by atoms with Crippen molar-refractivity contribution >= 4 is 28.9 Å². The minimum Gasteiger partial charge on any atom is -0.479 e. The second-order valence-electron chi connectivity index (χ2n) is 7.78. The molecule has 0 spiro atoms. The van der Waals surface area contributed by atoms with Crippen molar-refractivity contribution in [1.82, 2.24) is 4.98 Å². The van der Waals surface area contributed by atoms with E-state index in [2.05, 4.69) is 12.1 Å². The molecular weight excluding hydrogens is 440 g/mol. The minimum atomic E-state index is -0.807. The van der Waals surface area contributed by atoms with Gasteiger partial charge < -0.3 is 14.2 Å². The number of methoxy groups -OCH3 is 1. The SMILES string of the molecule is COCCOC(=O)C(C)N1C(=O)C(C)Oc2ccc(-c3csc(Cc4ccccc4)n3)cc21. The molecular formula is C25H26N2O5S. The lowest BCUT2D eigenvalue weighted by atomic mass is 10.1. The molecule has 1 aromatic heterocycles. The first-order chi connectivity index (χ1) is 16.0. The van der Waals surface area contributed by atoms with Gasteiger partial charge in [0, 0.05) is 24.5 Å². The van der Waals surface area contributed by atoms with Crippen LogP contribution >= 0.6 is 11.3 Å². The van der Waals surface area contributed by atoms with Crippen LogP contribution in [0.3, 0.4) is 0 Å². The minimum absolute atomic E-state index is 0.129. The summed E-state index contributed by atoms with van der Waals surface area (Å²) in [6.45, 7) is 3.75. The Morgan fingerprint density at radius 1 is 1.21 bits per heavy atom. The van der Waals surface area contributed by atoms with Crippen molar-refractivity contribution in [2.24, 2.45) is 0 Å². The number of rotatable bonds is 8. The summed E-state index contributed by atoms with van der Waals surface area (Å²) in [7, 11) is 1.53. The van der Waals surface area contributed by atoms with Gasteiger partial charge in [0.2, 0.25) is 0 Å². The first-order valence-electron chi connectivity index (χ1n) is 10.8. The first-order valence-corrected chi connectivity index (χ1v) is 11.6. The molecule has 33 heavy (non-hydrogen) atoms.